The summed E-state index contributed by atoms with van der Waals surface area (Å²) in [5.74, 6) is -0.281. The van der Waals surface area contributed by atoms with Crippen LogP contribution in [0.2, 0.25) is 0 Å². The Morgan fingerprint density at radius 1 is 1.05 bits per heavy atom. The fourth-order valence-corrected chi connectivity index (χ4v) is 2.45. The van der Waals surface area contributed by atoms with E-state index in [1.54, 1.807) is 6.07 Å². The van der Waals surface area contributed by atoms with Gasteiger partial charge in [0.2, 0.25) is 5.56 Å². The number of pyridine rings is 1. The third kappa shape index (κ3) is 2.63. The molecule has 0 radical (unpaired) electrons. The Balaban J connectivity index is 2.06. The number of aromatic amines is 1. The molecule has 110 valence electrons. The summed E-state index contributed by atoms with van der Waals surface area (Å²) in [6, 6.07) is 14.5. The van der Waals surface area contributed by atoms with Gasteiger partial charge >= 0.3 is 0 Å². The Kier molecular flexibility index (Phi) is 3.51. The number of H-pyrrole nitrogens is 1. The molecule has 1 heterocycles. The number of hydrogen-bond donors (Lipinski definition) is 2. The SMILES string of the molecule is Cc1ccc(C)c(NC(=O)c2cc(=O)[nH]c3ccccc23)c1. The van der Waals surface area contributed by atoms with Crippen molar-refractivity contribution in [1.82, 2.24) is 4.98 Å². The maximum atomic E-state index is 12.6. The third-order valence-electron chi connectivity index (χ3n) is 3.64. The molecule has 0 bridgehead atoms. The van der Waals surface area contributed by atoms with Gasteiger partial charge in [0.05, 0.1) is 5.56 Å². The number of amides is 1. The zero-order chi connectivity index (χ0) is 15.7. The number of nitrogens with one attached hydrogen (secondary N) is 2. The van der Waals surface area contributed by atoms with Crippen molar-refractivity contribution in [2.75, 3.05) is 5.32 Å². The van der Waals surface area contributed by atoms with E-state index < -0.39 is 0 Å². The first kappa shape index (κ1) is 14.1. The topological polar surface area (TPSA) is 62.0 Å². The Hall–Kier alpha value is -2.88. The van der Waals surface area contributed by atoms with Crippen LogP contribution in [0.15, 0.2) is 53.3 Å². The number of carbonyl (C=O) groups excluding carboxylic acids is 1. The molecule has 1 amide bonds. The Morgan fingerprint density at radius 2 is 1.82 bits per heavy atom. The molecular weight excluding hydrogens is 276 g/mol. The second-order valence-electron chi connectivity index (χ2n) is 5.37. The molecule has 2 aromatic carbocycles. The summed E-state index contributed by atoms with van der Waals surface area (Å²) in [5.41, 5.74) is 3.55. The van der Waals surface area contributed by atoms with Crippen LogP contribution < -0.4 is 10.9 Å². The van der Waals surface area contributed by atoms with E-state index in [1.165, 1.54) is 6.07 Å². The highest BCUT2D eigenvalue weighted by molar-refractivity contribution is 6.12. The standard InChI is InChI=1S/C18H16N2O2/c1-11-7-8-12(2)16(9-11)20-18(22)14-10-17(21)19-15-6-4-3-5-13(14)15/h3-10H,1-2H3,(H,19,21)(H,20,22). The third-order valence-corrected chi connectivity index (χ3v) is 3.64. The number of aromatic nitrogens is 1. The first-order valence-electron chi connectivity index (χ1n) is 7.05. The minimum absolute atomic E-state index is 0.281. The Bertz CT molecular complexity index is 926. The lowest BCUT2D eigenvalue weighted by Gasteiger charge is -2.10. The number of carbonyl (C=O) groups is 1. The average molecular weight is 292 g/mol. The molecule has 0 fully saturated rings. The molecule has 4 nitrogen and oxygen atoms in total. The summed E-state index contributed by atoms with van der Waals surface area (Å²) in [4.78, 5) is 27.1. The number of para-hydroxylation sites is 1. The molecule has 0 aliphatic heterocycles. The quantitative estimate of drug-likeness (QED) is 0.760. The smallest absolute Gasteiger partial charge is 0.256 e. The maximum absolute atomic E-state index is 12.6. The van der Waals surface area contributed by atoms with Crippen molar-refractivity contribution in [3.63, 3.8) is 0 Å². The molecule has 0 unspecified atom stereocenters. The predicted octanol–water partition coefficient (Wildman–Crippen LogP) is 3.40. The summed E-state index contributed by atoms with van der Waals surface area (Å²) < 4.78 is 0. The molecule has 3 aromatic rings. The van der Waals surface area contributed by atoms with Gasteiger partial charge in [0.1, 0.15) is 0 Å². The molecular formula is C18H16N2O2. The minimum atomic E-state index is -0.287. The van der Waals surface area contributed by atoms with E-state index >= 15 is 0 Å². The molecule has 0 spiro atoms. The summed E-state index contributed by atoms with van der Waals surface area (Å²) >= 11 is 0. The van der Waals surface area contributed by atoms with Gasteiger partial charge in [-0.25, -0.2) is 0 Å². The van der Waals surface area contributed by atoms with Crippen LogP contribution in [-0.4, -0.2) is 10.9 Å². The van der Waals surface area contributed by atoms with Gasteiger partial charge in [-0.3, -0.25) is 9.59 Å². The zero-order valence-electron chi connectivity index (χ0n) is 12.4. The zero-order valence-corrected chi connectivity index (χ0v) is 12.4. The molecule has 1 aromatic heterocycles. The molecule has 3 rings (SSSR count). The van der Waals surface area contributed by atoms with Crippen LogP contribution in [0, 0.1) is 13.8 Å². The van der Waals surface area contributed by atoms with Gasteiger partial charge in [0.25, 0.3) is 5.91 Å². The van der Waals surface area contributed by atoms with Crippen molar-refractivity contribution in [3.05, 3.63) is 75.6 Å². The van der Waals surface area contributed by atoms with Crippen LogP contribution >= 0.6 is 0 Å². The van der Waals surface area contributed by atoms with Gasteiger partial charge in [-0.15, -0.1) is 0 Å². The second kappa shape index (κ2) is 5.48. The van der Waals surface area contributed by atoms with Gasteiger partial charge in [0, 0.05) is 22.7 Å². The number of fused-ring (bicyclic) bond motifs is 1. The van der Waals surface area contributed by atoms with Crippen molar-refractivity contribution in [1.29, 1.82) is 0 Å². The van der Waals surface area contributed by atoms with Gasteiger partial charge in [0.15, 0.2) is 0 Å². The lowest BCUT2D eigenvalue weighted by molar-refractivity contribution is 0.102. The highest BCUT2D eigenvalue weighted by Gasteiger charge is 2.12. The van der Waals surface area contributed by atoms with Crippen LogP contribution in [0.1, 0.15) is 21.5 Å². The number of anilines is 1. The van der Waals surface area contributed by atoms with Crippen molar-refractivity contribution in [2.24, 2.45) is 0 Å². The summed E-state index contributed by atoms with van der Waals surface area (Å²) in [6.07, 6.45) is 0. The number of hydrogen-bond acceptors (Lipinski definition) is 2. The average Bonchev–Trinajstić information content (AvgIpc) is 2.50. The molecule has 0 atom stereocenters. The van der Waals surface area contributed by atoms with Crippen LogP contribution in [-0.2, 0) is 0 Å². The first-order chi connectivity index (χ1) is 10.5. The van der Waals surface area contributed by atoms with Crippen molar-refractivity contribution < 1.29 is 4.79 Å². The van der Waals surface area contributed by atoms with Crippen LogP contribution in [0.4, 0.5) is 5.69 Å². The molecule has 0 saturated carbocycles. The van der Waals surface area contributed by atoms with E-state index in [0.29, 0.717) is 11.1 Å². The van der Waals surface area contributed by atoms with Gasteiger partial charge < -0.3 is 10.3 Å². The highest BCUT2D eigenvalue weighted by atomic mass is 16.2. The van der Waals surface area contributed by atoms with E-state index in [4.69, 9.17) is 0 Å². The lowest BCUT2D eigenvalue weighted by Crippen LogP contribution is -2.17. The van der Waals surface area contributed by atoms with E-state index in [2.05, 4.69) is 10.3 Å². The second-order valence-corrected chi connectivity index (χ2v) is 5.37. The number of benzene rings is 2. The summed E-state index contributed by atoms with van der Waals surface area (Å²) in [6.45, 7) is 3.91. The lowest BCUT2D eigenvalue weighted by atomic mass is 10.1. The summed E-state index contributed by atoms with van der Waals surface area (Å²) in [5, 5.41) is 3.62. The van der Waals surface area contributed by atoms with Gasteiger partial charge in [-0.2, -0.15) is 0 Å². The van der Waals surface area contributed by atoms with E-state index in [9.17, 15) is 9.59 Å². The highest BCUT2D eigenvalue weighted by Crippen LogP contribution is 2.20. The fraction of sp³-hybridized carbons (Fsp3) is 0.111. The minimum Gasteiger partial charge on any atom is -0.322 e. The molecule has 22 heavy (non-hydrogen) atoms. The van der Waals surface area contributed by atoms with Crippen LogP contribution in [0.5, 0.6) is 0 Å². The van der Waals surface area contributed by atoms with Crippen LogP contribution in [0.3, 0.4) is 0 Å². The van der Waals surface area contributed by atoms with E-state index in [0.717, 1.165) is 22.2 Å². The normalized spacial score (nSPS) is 10.6. The Morgan fingerprint density at radius 3 is 2.64 bits per heavy atom. The van der Waals surface area contributed by atoms with Crippen molar-refractivity contribution in [2.45, 2.75) is 13.8 Å². The molecule has 0 aliphatic carbocycles. The van der Waals surface area contributed by atoms with Gasteiger partial charge in [-0.05, 0) is 37.1 Å². The molecule has 0 aliphatic rings. The monoisotopic (exact) mass is 292 g/mol. The fourth-order valence-electron chi connectivity index (χ4n) is 2.45. The molecule has 2 N–H and O–H groups in total. The number of aryl methyl sites for hydroxylation is 2. The first-order valence-corrected chi connectivity index (χ1v) is 7.05. The Labute approximate surface area is 127 Å². The van der Waals surface area contributed by atoms with E-state index in [-0.39, 0.29) is 11.5 Å². The molecule has 0 saturated heterocycles. The number of rotatable bonds is 2. The predicted molar refractivity (Wildman–Crippen MR) is 88.4 cm³/mol. The largest absolute Gasteiger partial charge is 0.322 e. The molecule has 4 heteroatoms. The van der Waals surface area contributed by atoms with Crippen LogP contribution in [0.25, 0.3) is 10.9 Å². The summed E-state index contributed by atoms with van der Waals surface area (Å²) in [7, 11) is 0. The van der Waals surface area contributed by atoms with E-state index in [1.807, 2.05) is 50.2 Å². The van der Waals surface area contributed by atoms with Gasteiger partial charge in [-0.1, -0.05) is 30.3 Å². The van der Waals surface area contributed by atoms with Crippen molar-refractivity contribution >= 4 is 22.5 Å². The van der Waals surface area contributed by atoms with Crippen molar-refractivity contribution in [3.8, 4) is 0 Å². The maximum Gasteiger partial charge on any atom is 0.256 e.